The zero-order valence-electron chi connectivity index (χ0n) is 11.5. The molecule has 0 radical (unpaired) electrons. The van der Waals surface area contributed by atoms with Gasteiger partial charge in [-0.2, -0.15) is 0 Å². The van der Waals surface area contributed by atoms with E-state index in [2.05, 4.69) is 21.4 Å². The first-order valence-corrected chi connectivity index (χ1v) is 6.58. The summed E-state index contributed by atoms with van der Waals surface area (Å²) in [5.74, 6) is 2.03. The second-order valence-electron chi connectivity index (χ2n) is 4.56. The van der Waals surface area contributed by atoms with Crippen molar-refractivity contribution in [1.29, 1.82) is 0 Å². The Morgan fingerprint density at radius 3 is 2.71 bits per heavy atom. The molecule has 0 fully saturated rings. The van der Waals surface area contributed by atoms with Gasteiger partial charge in [0.05, 0.1) is 23.8 Å². The summed E-state index contributed by atoms with van der Waals surface area (Å²) >= 11 is 0. The molecule has 4 nitrogen and oxygen atoms in total. The zero-order valence-corrected chi connectivity index (χ0v) is 13.2. The number of nitrogens with one attached hydrogen (secondary N) is 2. The van der Waals surface area contributed by atoms with Crippen LogP contribution in [0.5, 0.6) is 0 Å². The minimum Gasteiger partial charge on any atom is -0.468 e. The maximum absolute atomic E-state index is 5.26. The van der Waals surface area contributed by atoms with Crippen LogP contribution in [-0.2, 0) is 13.0 Å². The third-order valence-corrected chi connectivity index (χ3v) is 3.08. The highest BCUT2D eigenvalue weighted by Crippen LogP contribution is 2.11. The van der Waals surface area contributed by atoms with E-state index in [-0.39, 0.29) is 24.8 Å². The molecule has 3 aromatic rings. The molecular formula is C15H19Cl2N3O. The SMILES string of the molecule is Cl.Cl.c1coc(CNCCCc2nc3ccccc3[nH]2)c1. The van der Waals surface area contributed by atoms with E-state index in [1.165, 1.54) is 0 Å². The summed E-state index contributed by atoms with van der Waals surface area (Å²) in [7, 11) is 0. The molecule has 2 heterocycles. The van der Waals surface area contributed by atoms with Crippen molar-refractivity contribution in [2.45, 2.75) is 19.4 Å². The van der Waals surface area contributed by atoms with Crippen LogP contribution >= 0.6 is 24.8 Å². The van der Waals surface area contributed by atoms with Gasteiger partial charge in [0.15, 0.2) is 0 Å². The molecule has 0 bridgehead atoms. The summed E-state index contributed by atoms with van der Waals surface area (Å²) < 4.78 is 5.26. The van der Waals surface area contributed by atoms with Crippen LogP contribution in [0.15, 0.2) is 47.1 Å². The Morgan fingerprint density at radius 1 is 1.10 bits per heavy atom. The van der Waals surface area contributed by atoms with Crippen molar-refractivity contribution < 1.29 is 4.42 Å². The number of para-hydroxylation sites is 2. The van der Waals surface area contributed by atoms with E-state index in [0.29, 0.717) is 0 Å². The van der Waals surface area contributed by atoms with Gasteiger partial charge >= 0.3 is 0 Å². The Balaban J connectivity index is 0.00000110. The zero-order chi connectivity index (χ0) is 12.9. The van der Waals surface area contributed by atoms with Gasteiger partial charge in [0.25, 0.3) is 0 Å². The number of aromatic nitrogens is 2. The molecule has 0 saturated carbocycles. The highest BCUT2D eigenvalue weighted by atomic mass is 35.5. The Kier molecular flexibility index (Phi) is 7.29. The van der Waals surface area contributed by atoms with Gasteiger partial charge in [0, 0.05) is 6.42 Å². The molecule has 21 heavy (non-hydrogen) atoms. The second-order valence-corrected chi connectivity index (χ2v) is 4.56. The van der Waals surface area contributed by atoms with Crippen LogP contribution in [-0.4, -0.2) is 16.5 Å². The summed E-state index contributed by atoms with van der Waals surface area (Å²) in [6, 6.07) is 12.0. The molecule has 0 amide bonds. The monoisotopic (exact) mass is 327 g/mol. The van der Waals surface area contributed by atoms with Gasteiger partial charge in [-0.25, -0.2) is 4.98 Å². The van der Waals surface area contributed by atoms with Gasteiger partial charge in [-0.3, -0.25) is 0 Å². The highest BCUT2D eigenvalue weighted by Gasteiger charge is 2.01. The third kappa shape index (κ3) is 4.77. The fourth-order valence-electron chi connectivity index (χ4n) is 2.13. The molecule has 0 aliphatic rings. The van der Waals surface area contributed by atoms with E-state index in [1.807, 2.05) is 30.3 Å². The van der Waals surface area contributed by atoms with E-state index < -0.39 is 0 Å². The standard InChI is InChI=1S/C15H17N3O.2ClH/c1-2-7-14-13(6-1)17-15(18-14)8-3-9-16-11-12-5-4-10-19-12;;/h1-2,4-7,10,16H,3,8-9,11H2,(H,17,18);2*1H. The van der Waals surface area contributed by atoms with Gasteiger partial charge in [-0.15, -0.1) is 24.8 Å². The molecule has 6 heteroatoms. The minimum absolute atomic E-state index is 0. The molecule has 0 spiro atoms. The molecule has 0 atom stereocenters. The lowest BCUT2D eigenvalue weighted by Crippen LogP contribution is -2.15. The number of halogens is 2. The number of H-pyrrole nitrogens is 1. The van der Waals surface area contributed by atoms with Crippen molar-refractivity contribution in [3.8, 4) is 0 Å². The van der Waals surface area contributed by atoms with Gasteiger partial charge in [-0.05, 0) is 37.2 Å². The highest BCUT2D eigenvalue weighted by molar-refractivity contribution is 5.85. The maximum atomic E-state index is 5.26. The normalized spacial score (nSPS) is 10.1. The number of imidazole rings is 1. The minimum atomic E-state index is 0. The van der Waals surface area contributed by atoms with E-state index >= 15 is 0 Å². The average Bonchev–Trinajstić information content (AvgIpc) is 3.06. The second kappa shape index (κ2) is 8.72. The van der Waals surface area contributed by atoms with Gasteiger partial charge in [-0.1, -0.05) is 12.1 Å². The van der Waals surface area contributed by atoms with E-state index in [1.54, 1.807) is 6.26 Å². The van der Waals surface area contributed by atoms with Crippen molar-refractivity contribution in [1.82, 2.24) is 15.3 Å². The number of rotatable bonds is 6. The van der Waals surface area contributed by atoms with Crippen LogP contribution < -0.4 is 5.32 Å². The lowest BCUT2D eigenvalue weighted by molar-refractivity contribution is 0.481. The lowest BCUT2D eigenvalue weighted by Gasteiger charge is -2.01. The Labute approximate surface area is 136 Å². The fourth-order valence-corrected chi connectivity index (χ4v) is 2.13. The molecule has 3 rings (SSSR count). The predicted octanol–water partition coefficient (Wildman–Crippen LogP) is 3.72. The quantitative estimate of drug-likeness (QED) is 0.678. The van der Waals surface area contributed by atoms with Crippen LogP contribution in [0.25, 0.3) is 11.0 Å². The van der Waals surface area contributed by atoms with Crippen molar-refractivity contribution >= 4 is 35.8 Å². The van der Waals surface area contributed by atoms with Crippen molar-refractivity contribution in [2.75, 3.05) is 6.54 Å². The molecule has 1 aromatic carbocycles. The van der Waals surface area contributed by atoms with Gasteiger partial charge in [0.2, 0.25) is 0 Å². The van der Waals surface area contributed by atoms with Gasteiger partial charge in [0.1, 0.15) is 11.6 Å². The predicted molar refractivity (Wildman–Crippen MR) is 89.3 cm³/mol. The first-order valence-electron chi connectivity index (χ1n) is 6.58. The number of benzene rings is 1. The van der Waals surface area contributed by atoms with Crippen molar-refractivity contribution in [3.05, 3.63) is 54.2 Å². The molecular weight excluding hydrogens is 309 g/mol. The number of furan rings is 1. The molecule has 114 valence electrons. The van der Waals surface area contributed by atoms with Crippen LogP contribution in [0.2, 0.25) is 0 Å². The van der Waals surface area contributed by atoms with Crippen LogP contribution in [0, 0.1) is 0 Å². The molecule has 2 N–H and O–H groups in total. The molecule has 0 aliphatic heterocycles. The average molecular weight is 328 g/mol. The maximum Gasteiger partial charge on any atom is 0.117 e. The van der Waals surface area contributed by atoms with E-state index in [9.17, 15) is 0 Å². The Morgan fingerprint density at radius 2 is 1.95 bits per heavy atom. The topological polar surface area (TPSA) is 53.9 Å². The number of aryl methyl sites for hydroxylation is 1. The summed E-state index contributed by atoms with van der Waals surface area (Å²) in [6.45, 7) is 1.74. The summed E-state index contributed by atoms with van der Waals surface area (Å²) in [5.41, 5.74) is 2.15. The van der Waals surface area contributed by atoms with Crippen LogP contribution in [0.1, 0.15) is 18.0 Å². The fraction of sp³-hybridized carbons (Fsp3) is 0.267. The van der Waals surface area contributed by atoms with Crippen LogP contribution in [0.4, 0.5) is 0 Å². The first-order chi connectivity index (χ1) is 9.42. The molecule has 0 saturated heterocycles. The summed E-state index contributed by atoms with van der Waals surface area (Å²) in [6.07, 6.45) is 3.71. The van der Waals surface area contributed by atoms with Crippen molar-refractivity contribution in [3.63, 3.8) is 0 Å². The van der Waals surface area contributed by atoms with Gasteiger partial charge < -0.3 is 14.7 Å². The molecule has 0 unspecified atom stereocenters. The molecule has 0 aliphatic carbocycles. The number of hydrogen-bond acceptors (Lipinski definition) is 3. The number of aromatic amines is 1. The Bertz CT molecular complexity index is 604. The smallest absolute Gasteiger partial charge is 0.117 e. The lowest BCUT2D eigenvalue weighted by atomic mass is 10.3. The summed E-state index contributed by atoms with van der Waals surface area (Å²) in [5, 5.41) is 3.36. The third-order valence-electron chi connectivity index (χ3n) is 3.08. The number of hydrogen-bond donors (Lipinski definition) is 2. The first kappa shape index (κ1) is 17.6. The van der Waals surface area contributed by atoms with E-state index in [4.69, 9.17) is 4.42 Å². The number of nitrogens with zero attached hydrogens (tertiary/aromatic N) is 1. The summed E-state index contributed by atoms with van der Waals surface area (Å²) in [4.78, 5) is 7.90. The Hall–Kier alpha value is -1.49. The van der Waals surface area contributed by atoms with Crippen molar-refractivity contribution in [2.24, 2.45) is 0 Å². The largest absolute Gasteiger partial charge is 0.468 e. The number of fused-ring (bicyclic) bond motifs is 1. The van der Waals surface area contributed by atoms with E-state index in [0.717, 1.165) is 48.5 Å². The van der Waals surface area contributed by atoms with Crippen LogP contribution in [0.3, 0.4) is 0 Å². The molecule has 2 aromatic heterocycles.